The molecule has 1 aromatic heterocycles. The van der Waals surface area contributed by atoms with Crippen molar-refractivity contribution in [3.63, 3.8) is 0 Å². The van der Waals surface area contributed by atoms with Crippen molar-refractivity contribution in [2.75, 3.05) is 51.5 Å². The van der Waals surface area contributed by atoms with E-state index in [2.05, 4.69) is 29.0 Å². The molecule has 56 heavy (non-hydrogen) atoms. The van der Waals surface area contributed by atoms with Crippen LogP contribution in [0.4, 0.5) is 20.2 Å². The van der Waals surface area contributed by atoms with Crippen molar-refractivity contribution in [1.29, 1.82) is 0 Å². The fraction of sp³-hybridized carbons (Fsp3) is 0.227. The van der Waals surface area contributed by atoms with E-state index in [1.165, 1.54) is 40.8 Å². The SMILES string of the molecule is CN1CCN(C[C@@H]2Cc3ccccc3CN2C(=O)c2cc3c(cc2-n2cc(C(=O)N(c4ccc(O)cc4)c4ccc(F)c(F)c4)c4ccccc42)OCO3)CC1. The molecule has 3 aliphatic rings. The van der Waals surface area contributed by atoms with Crippen molar-refractivity contribution in [2.24, 2.45) is 0 Å². The molecule has 12 heteroatoms. The van der Waals surface area contributed by atoms with Crippen molar-refractivity contribution in [2.45, 2.75) is 19.0 Å². The fourth-order valence-corrected chi connectivity index (χ4v) is 8.05. The van der Waals surface area contributed by atoms with Gasteiger partial charge < -0.3 is 28.9 Å². The van der Waals surface area contributed by atoms with Gasteiger partial charge in [0.2, 0.25) is 6.79 Å². The number of nitrogens with zero attached hydrogens (tertiary/aromatic N) is 5. The van der Waals surface area contributed by atoms with Gasteiger partial charge in [-0.15, -0.1) is 0 Å². The van der Waals surface area contributed by atoms with Crippen LogP contribution in [-0.2, 0) is 13.0 Å². The summed E-state index contributed by atoms with van der Waals surface area (Å²) in [5.74, 6) is -1.98. The Labute approximate surface area is 322 Å². The Balaban J connectivity index is 1.16. The first-order valence-electron chi connectivity index (χ1n) is 18.6. The van der Waals surface area contributed by atoms with Gasteiger partial charge in [-0.05, 0) is 73.1 Å². The highest BCUT2D eigenvalue weighted by atomic mass is 19.2. The molecule has 5 aromatic carbocycles. The van der Waals surface area contributed by atoms with Crippen LogP contribution in [0.1, 0.15) is 31.8 Å². The van der Waals surface area contributed by atoms with Crippen molar-refractivity contribution < 1.29 is 33.0 Å². The molecular weight excluding hydrogens is 717 g/mol. The standard InChI is InChI=1S/C44H39F2N5O5/c1-47-16-18-48(19-17-47)25-32-20-28-6-2-3-7-29(28)24-49(32)43(53)35-22-41-42(56-27-55-41)23-40(35)50-26-36(34-8-4-5-9-39(34)50)44(54)51(30-10-13-33(52)14-11-30)31-12-15-37(45)38(46)21-31/h2-15,21-23,26,32,52H,16-20,24-25,27H2,1H3/t32-/m0/s1. The van der Waals surface area contributed by atoms with E-state index in [1.807, 2.05) is 39.8 Å². The van der Waals surface area contributed by atoms with Gasteiger partial charge in [-0.2, -0.15) is 0 Å². The van der Waals surface area contributed by atoms with Gasteiger partial charge in [0, 0.05) is 74.7 Å². The first kappa shape index (κ1) is 35.5. The maximum atomic E-state index is 15.2. The minimum atomic E-state index is -1.11. The Morgan fingerprint density at radius 2 is 1.48 bits per heavy atom. The number of halogens is 2. The van der Waals surface area contributed by atoms with E-state index in [4.69, 9.17) is 9.47 Å². The summed E-state index contributed by atoms with van der Waals surface area (Å²) in [6.07, 6.45) is 2.39. The van der Waals surface area contributed by atoms with Gasteiger partial charge >= 0.3 is 0 Å². The molecule has 1 fully saturated rings. The summed E-state index contributed by atoms with van der Waals surface area (Å²) in [6.45, 7) is 4.94. The minimum Gasteiger partial charge on any atom is -0.508 e. The van der Waals surface area contributed by atoms with Crippen molar-refractivity contribution >= 4 is 34.1 Å². The lowest BCUT2D eigenvalue weighted by Gasteiger charge is -2.41. The van der Waals surface area contributed by atoms with E-state index in [0.717, 1.165) is 56.8 Å². The zero-order chi connectivity index (χ0) is 38.5. The zero-order valence-electron chi connectivity index (χ0n) is 30.7. The summed E-state index contributed by atoms with van der Waals surface area (Å²) >= 11 is 0. The van der Waals surface area contributed by atoms with Gasteiger partial charge in [0.25, 0.3) is 11.8 Å². The molecule has 9 rings (SSSR count). The number of carbonyl (C=O) groups is 2. The van der Waals surface area contributed by atoms with Crippen LogP contribution in [0.2, 0.25) is 0 Å². The number of ether oxygens (including phenoxy) is 2. The second-order valence-corrected chi connectivity index (χ2v) is 14.6. The first-order valence-corrected chi connectivity index (χ1v) is 18.6. The van der Waals surface area contributed by atoms with E-state index in [0.29, 0.717) is 45.9 Å². The van der Waals surface area contributed by atoms with Gasteiger partial charge in [0.1, 0.15) is 5.75 Å². The van der Waals surface area contributed by atoms with Gasteiger partial charge in [0.15, 0.2) is 23.1 Å². The van der Waals surface area contributed by atoms with E-state index < -0.39 is 17.5 Å². The van der Waals surface area contributed by atoms with Crippen LogP contribution in [-0.4, -0.2) is 88.8 Å². The smallest absolute Gasteiger partial charge is 0.265 e. The number of rotatable bonds is 7. The van der Waals surface area contributed by atoms with E-state index in [1.54, 1.807) is 24.4 Å². The van der Waals surface area contributed by atoms with E-state index in [9.17, 15) is 18.7 Å². The molecule has 1 saturated heterocycles. The zero-order valence-corrected chi connectivity index (χ0v) is 30.7. The highest BCUT2D eigenvalue weighted by Crippen LogP contribution is 2.40. The largest absolute Gasteiger partial charge is 0.508 e. The van der Waals surface area contributed by atoms with Crippen LogP contribution >= 0.6 is 0 Å². The average molecular weight is 756 g/mol. The lowest BCUT2D eigenvalue weighted by atomic mass is 9.92. The highest BCUT2D eigenvalue weighted by molar-refractivity contribution is 6.17. The summed E-state index contributed by atoms with van der Waals surface area (Å²) in [5.41, 5.74) is 4.51. The Morgan fingerprint density at radius 1 is 0.786 bits per heavy atom. The summed E-state index contributed by atoms with van der Waals surface area (Å²) in [5, 5.41) is 10.6. The number of aromatic hydroxyl groups is 1. The highest BCUT2D eigenvalue weighted by Gasteiger charge is 2.35. The number of para-hydroxylation sites is 1. The number of fused-ring (bicyclic) bond motifs is 3. The van der Waals surface area contributed by atoms with Crippen LogP contribution in [0.3, 0.4) is 0 Å². The molecule has 0 radical (unpaired) electrons. The number of phenolic OH excluding ortho intramolecular Hbond substituents is 1. The predicted octanol–water partition coefficient (Wildman–Crippen LogP) is 7.14. The lowest BCUT2D eigenvalue weighted by molar-refractivity contribution is 0.0535. The molecule has 0 unspecified atom stereocenters. The van der Waals surface area contributed by atoms with Crippen LogP contribution in [0.25, 0.3) is 16.6 Å². The van der Waals surface area contributed by atoms with Crippen LogP contribution in [0, 0.1) is 11.6 Å². The second-order valence-electron chi connectivity index (χ2n) is 14.6. The van der Waals surface area contributed by atoms with E-state index in [-0.39, 0.29) is 35.7 Å². The summed E-state index contributed by atoms with van der Waals surface area (Å²) in [7, 11) is 2.13. The Morgan fingerprint density at radius 3 is 2.25 bits per heavy atom. The predicted molar refractivity (Wildman–Crippen MR) is 208 cm³/mol. The molecule has 3 aliphatic heterocycles. The molecule has 0 bridgehead atoms. The number of carbonyl (C=O) groups excluding carboxylic acids is 2. The first-order chi connectivity index (χ1) is 27.2. The third-order valence-electron chi connectivity index (χ3n) is 11.1. The quantitative estimate of drug-likeness (QED) is 0.185. The summed E-state index contributed by atoms with van der Waals surface area (Å²) in [4.78, 5) is 38.0. The molecule has 10 nitrogen and oxygen atoms in total. The maximum absolute atomic E-state index is 15.2. The molecule has 4 heterocycles. The maximum Gasteiger partial charge on any atom is 0.265 e. The number of amides is 2. The van der Waals surface area contributed by atoms with Gasteiger partial charge in [-0.25, -0.2) is 8.78 Å². The summed E-state index contributed by atoms with van der Waals surface area (Å²) < 4.78 is 42.3. The third-order valence-corrected chi connectivity index (χ3v) is 11.1. The number of likely N-dealkylation sites (N-methyl/N-ethyl adjacent to an activating group) is 1. The monoisotopic (exact) mass is 755 g/mol. The molecule has 0 aliphatic carbocycles. The lowest BCUT2D eigenvalue weighted by Crippen LogP contribution is -2.53. The van der Waals surface area contributed by atoms with Crippen LogP contribution in [0.5, 0.6) is 17.2 Å². The number of benzene rings is 5. The molecule has 0 spiro atoms. The number of hydrogen-bond donors (Lipinski definition) is 1. The number of aromatic nitrogens is 1. The Hall–Kier alpha value is -6.24. The molecule has 0 saturated carbocycles. The van der Waals surface area contributed by atoms with Gasteiger partial charge in [-0.3, -0.25) is 19.4 Å². The fourth-order valence-electron chi connectivity index (χ4n) is 8.05. The minimum absolute atomic E-state index is 0.00151. The molecular formula is C44H39F2N5O5. The molecule has 1 atom stereocenters. The molecule has 284 valence electrons. The average Bonchev–Trinajstić information content (AvgIpc) is 3.84. The van der Waals surface area contributed by atoms with Gasteiger partial charge in [0.05, 0.1) is 28.0 Å². The second kappa shape index (κ2) is 14.4. The number of hydrogen-bond acceptors (Lipinski definition) is 7. The normalized spacial score (nSPS) is 16.9. The van der Waals surface area contributed by atoms with Crippen molar-refractivity contribution in [1.82, 2.24) is 19.3 Å². The van der Waals surface area contributed by atoms with Crippen molar-refractivity contribution in [3.8, 4) is 22.9 Å². The molecule has 1 N–H and O–H groups in total. The number of piperazine rings is 1. The Kier molecular flexibility index (Phi) is 9.14. The summed E-state index contributed by atoms with van der Waals surface area (Å²) in [6, 6.07) is 28.1. The van der Waals surface area contributed by atoms with Crippen molar-refractivity contribution in [3.05, 3.63) is 143 Å². The van der Waals surface area contributed by atoms with Crippen LogP contribution < -0.4 is 14.4 Å². The molecule has 2 amide bonds. The third kappa shape index (κ3) is 6.50. The number of phenols is 1. The van der Waals surface area contributed by atoms with Crippen LogP contribution in [0.15, 0.2) is 109 Å². The molecule has 6 aromatic rings. The topological polar surface area (TPSA) is 90.7 Å². The number of anilines is 2. The van der Waals surface area contributed by atoms with E-state index >= 15 is 4.79 Å². The Bertz CT molecular complexity index is 2480. The van der Waals surface area contributed by atoms with Gasteiger partial charge in [-0.1, -0.05) is 42.5 Å².